The van der Waals surface area contributed by atoms with Gasteiger partial charge in [-0.05, 0) is 36.1 Å². The molecule has 0 spiro atoms. The fraction of sp³-hybridized carbons (Fsp3) is 0.941. The van der Waals surface area contributed by atoms with Crippen molar-refractivity contribution in [3.63, 3.8) is 0 Å². The fourth-order valence-electron chi connectivity index (χ4n) is 3.87. The van der Waals surface area contributed by atoms with Crippen molar-refractivity contribution in [1.29, 1.82) is 0 Å². The Hall–Kier alpha value is -0.570. The third-order valence-electron chi connectivity index (χ3n) is 5.77. The summed E-state index contributed by atoms with van der Waals surface area (Å²) in [4.78, 5) is 15.1. The Kier molecular flexibility index (Phi) is 4.21. The minimum absolute atomic E-state index is 0.141. The molecule has 2 fully saturated rings. The lowest BCUT2D eigenvalue weighted by Crippen LogP contribution is -2.44. The molecule has 0 aromatic carbocycles. The highest BCUT2D eigenvalue weighted by Gasteiger charge is 2.68. The molecule has 116 valence electrons. The summed E-state index contributed by atoms with van der Waals surface area (Å²) < 4.78 is 0. The van der Waals surface area contributed by atoms with Gasteiger partial charge in [0.15, 0.2) is 0 Å². The van der Waals surface area contributed by atoms with E-state index >= 15 is 0 Å². The summed E-state index contributed by atoms with van der Waals surface area (Å²) >= 11 is 0. The van der Waals surface area contributed by atoms with E-state index in [0.717, 1.165) is 19.6 Å². The molecule has 3 heteroatoms. The molecule has 1 heterocycles. The minimum Gasteiger partial charge on any atom is -0.341 e. The fourth-order valence-corrected chi connectivity index (χ4v) is 3.87. The average Bonchev–Trinajstić information content (AvgIpc) is 2.72. The number of carbonyl (C=O) groups is 1. The molecule has 2 rings (SSSR count). The van der Waals surface area contributed by atoms with Gasteiger partial charge < -0.3 is 10.2 Å². The molecule has 1 saturated carbocycles. The predicted octanol–water partition coefficient (Wildman–Crippen LogP) is 2.91. The van der Waals surface area contributed by atoms with Crippen LogP contribution in [0.5, 0.6) is 0 Å². The second-order valence-corrected chi connectivity index (χ2v) is 8.31. The van der Waals surface area contributed by atoms with Crippen LogP contribution in [0.15, 0.2) is 0 Å². The number of hydrogen-bond donors (Lipinski definition) is 1. The van der Waals surface area contributed by atoms with Gasteiger partial charge in [0.05, 0.1) is 0 Å². The van der Waals surface area contributed by atoms with E-state index in [0.29, 0.717) is 17.9 Å². The van der Waals surface area contributed by atoms with Crippen LogP contribution in [0.1, 0.15) is 54.4 Å². The summed E-state index contributed by atoms with van der Waals surface area (Å²) in [6.45, 7) is 16.2. The van der Waals surface area contributed by atoms with Crippen molar-refractivity contribution in [3.05, 3.63) is 0 Å². The molecule has 1 aliphatic heterocycles. The van der Waals surface area contributed by atoms with Crippen LogP contribution in [0.3, 0.4) is 0 Å². The highest BCUT2D eigenvalue weighted by molar-refractivity contribution is 5.84. The molecule has 1 aliphatic carbocycles. The Morgan fingerprint density at radius 2 is 1.85 bits per heavy atom. The lowest BCUT2D eigenvalue weighted by atomic mass is 10.0. The molecule has 1 unspecified atom stereocenters. The molecular weight excluding hydrogens is 248 g/mol. The van der Waals surface area contributed by atoms with Crippen molar-refractivity contribution in [2.45, 2.75) is 60.4 Å². The first-order chi connectivity index (χ1) is 9.18. The summed E-state index contributed by atoms with van der Waals surface area (Å²) in [6.07, 6.45) is 2.45. The number of hydrogen-bond acceptors (Lipinski definition) is 2. The standard InChI is InChI=1S/C17H32N2O/c1-12(2)10-19(11-13-8-7-9-18-13)15(20)14-16(3,4)17(14,5)6/h12-14,18H,7-11H2,1-6H3. The highest BCUT2D eigenvalue weighted by Crippen LogP contribution is 2.68. The van der Waals surface area contributed by atoms with Gasteiger partial charge in [0, 0.05) is 25.0 Å². The molecule has 0 aromatic heterocycles. The lowest BCUT2D eigenvalue weighted by Gasteiger charge is -2.28. The van der Waals surface area contributed by atoms with E-state index in [1.165, 1.54) is 12.8 Å². The smallest absolute Gasteiger partial charge is 0.226 e. The molecule has 0 aromatic rings. The van der Waals surface area contributed by atoms with Crippen LogP contribution in [0.25, 0.3) is 0 Å². The van der Waals surface area contributed by atoms with Crippen LogP contribution in [0.2, 0.25) is 0 Å². The molecule has 1 atom stereocenters. The summed E-state index contributed by atoms with van der Waals surface area (Å²) in [6, 6.07) is 0.502. The maximum atomic E-state index is 13.0. The van der Waals surface area contributed by atoms with Crippen molar-refractivity contribution in [1.82, 2.24) is 10.2 Å². The Labute approximate surface area is 124 Å². The zero-order chi connectivity index (χ0) is 15.1. The molecule has 3 nitrogen and oxygen atoms in total. The summed E-state index contributed by atoms with van der Waals surface area (Å²) in [5, 5.41) is 3.52. The Morgan fingerprint density at radius 1 is 1.25 bits per heavy atom. The monoisotopic (exact) mass is 280 g/mol. The minimum atomic E-state index is 0.141. The molecule has 1 N–H and O–H groups in total. The SMILES string of the molecule is CC(C)CN(CC1CCCN1)C(=O)C1C(C)(C)C1(C)C. The van der Waals surface area contributed by atoms with Crippen molar-refractivity contribution in [2.75, 3.05) is 19.6 Å². The largest absolute Gasteiger partial charge is 0.341 e. The van der Waals surface area contributed by atoms with Crippen LogP contribution in [0, 0.1) is 22.7 Å². The average molecular weight is 280 g/mol. The van der Waals surface area contributed by atoms with Gasteiger partial charge in [-0.2, -0.15) is 0 Å². The van der Waals surface area contributed by atoms with Gasteiger partial charge in [-0.3, -0.25) is 4.79 Å². The number of nitrogens with zero attached hydrogens (tertiary/aromatic N) is 1. The van der Waals surface area contributed by atoms with Gasteiger partial charge in [0.2, 0.25) is 5.91 Å². The summed E-state index contributed by atoms with van der Waals surface area (Å²) in [5.41, 5.74) is 0.283. The van der Waals surface area contributed by atoms with Crippen LogP contribution in [0.4, 0.5) is 0 Å². The van der Waals surface area contributed by atoms with E-state index in [-0.39, 0.29) is 16.7 Å². The quantitative estimate of drug-likeness (QED) is 0.840. The van der Waals surface area contributed by atoms with E-state index in [9.17, 15) is 4.79 Å². The number of amides is 1. The third kappa shape index (κ3) is 2.74. The van der Waals surface area contributed by atoms with Crippen LogP contribution in [-0.2, 0) is 4.79 Å². The van der Waals surface area contributed by atoms with Gasteiger partial charge in [-0.25, -0.2) is 0 Å². The normalized spacial score (nSPS) is 27.9. The summed E-state index contributed by atoms with van der Waals surface area (Å²) in [5.74, 6) is 1.10. The first-order valence-corrected chi connectivity index (χ1v) is 8.20. The second-order valence-electron chi connectivity index (χ2n) is 8.31. The molecule has 0 radical (unpaired) electrons. The maximum absolute atomic E-state index is 13.0. The van der Waals surface area contributed by atoms with E-state index in [1.54, 1.807) is 0 Å². The highest BCUT2D eigenvalue weighted by atomic mass is 16.2. The van der Waals surface area contributed by atoms with E-state index in [4.69, 9.17) is 0 Å². The molecule has 0 bridgehead atoms. The number of carbonyl (C=O) groups excluding carboxylic acids is 1. The maximum Gasteiger partial charge on any atom is 0.226 e. The molecular formula is C17H32N2O. The first-order valence-electron chi connectivity index (χ1n) is 8.20. The Bertz CT molecular complexity index is 353. The van der Waals surface area contributed by atoms with E-state index < -0.39 is 0 Å². The zero-order valence-corrected chi connectivity index (χ0v) is 14.1. The topological polar surface area (TPSA) is 32.3 Å². The first kappa shape index (κ1) is 15.8. The number of rotatable bonds is 5. The van der Waals surface area contributed by atoms with E-state index in [1.807, 2.05) is 0 Å². The number of nitrogens with one attached hydrogen (secondary N) is 1. The second kappa shape index (κ2) is 5.32. The molecule has 20 heavy (non-hydrogen) atoms. The van der Waals surface area contributed by atoms with Crippen LogP contribution >= 0.6 is 0 Å². The lowest BCUT2D eigenvalue weighted by molar-refractivity contribution is -0.134. The van der Waals surface area contributed by atoms with Crippen LogP contribution < -0.4 is 5.32 Å². The van der Waals surface area contributed by atoms with Crippen molar-refractivity contribution in [3.8, 4) is 0 Å². The van der Waals surface area contributed by atoms with Gasteiger partial charge in [-0.15, -0.1) is 0 Å². The Morgan fingerprint density at radius 3 is 2.25 bits per heavy atom. The van der Waals surface area contributed by atoms with Crippen molar-refractivity contribution >= 4 is 5.91 Å². The van der Waals surface area contributed by atoms with Crippen molar-refractivity contribution < 1.29 is 4.79 Å². The van der Waals surface area contributed by atoms with Gasteiger partial charge >= 0.3 is 0 Å². The van der Waals surface area contributed by atoms with Gasteiger partial charge in [-0.1, -0.05) is 41.5 Å². The van der Waals surface area contributed by atoms with E-state index in [2.05, 4.69) is 51.8 Å². The molecule has 1 saturated heterocycles. The Balaban J connectivity index is 2.04. The molecule has 2 aliphatic rings. The predicted molar refractivity (Wildman–Crippen MR) is 83.5 cm³/mol. The zero-order valence-electron chi connectivity index (χ0n) is 14.1. The molecule has 1 amide bonds. The summed E-state index contributed by atoms with van der Waals surface area (Å²) in [7, 11) is 0. The van der Waals surface area contributed by atoms with Gasteiger partial charge in [0.25, 0.3) is 0 Å². The van der Waals surface area contributed by atoms with Crippen LogP contribution in [-0.4, -0.2) is 36.5 Å². The van der Waals surface area contributed by atoms with Gasteiger partial charge in [0.1, 0.15) is 0 Å². The van der Waals surface area contributed by atoms with Crippen molar-refractivity contribution in [2.24, 2.45) is 22.7 Å². The third-order valence-corrected chi connectivity index (χ3v) is 5.77.